The molecular weight excluding hydrogens is 811 g/mol. The van der Waals surface area contributed by atoms with E-state index in [-0.39, 0.29) is 64.0 Å². The highest BCUT2D eigenvalue weighted by Gasteiger charge is 2.44. The average molecular weight is 863 g/mol. The number of aryl methyl sites for hydroxylation is 2. The standard InChI is InChI=1S/C43H52F2N8O7S/c1-26-38(61-25-49-26)28-9-7-27(8-10-28)19-48-41(57)35-17-31(54)22-53(35)42(58)39(43(2,3)4)51-37(56)24-60-15-14-59-23-36(55)47-12-13-52-21-30(20-50-52)32-16-29-6-5-11-46-34(29)18-33(32)40(44)45/h7-11,16,18,20-21,25,31,35,39-40,54H,5-6,12-15,17,19,22-24H2,1-4H3,(H,47,55)(H,48,57)(H,51,56)/t31-,35+,39-/m1/s1. The van der Waals surface area contributed by atoms with Crippen molar-refractivity contribution in [2.24, 2.45) is 10.4 Å². The number of rotatable bonds is 18. The molecule has 61 heavy (non-hydrogen) atoms. The Hall–Kier alpha value is -5.43. The number of carbonyl (C=O) groups excluding carboxylic acids is 4. The molecule has 4 N–H and O–H groups in total. The van der Waals surface area contributed by atoms with Crippen LogP contribution in [0, 0.1) is 12.3 Å². The van der Waals surface area contributed by atoms with Gasteiger partial charge in [-0.1, -0.05) is 45.0 Å². The molecule has 4 heterocycles. The summed E-state index contributed by atoms with van der Waals surface area (Å²) in [7, 11) is 0. The first-order valence-corrected chi connectivity index (χ1v) is 21.0. The number of aliphatic imine (C=N–C) groups is 1. The largest absolute Gasteiger partial charge is 0.391 e. The molecule has 3 atom stereocenters. The first kappa shape index (κ1) is 45.1. The molecule has 0 radical (unpaired) electrons. The number of β-amino-alcohol motifs (C(OH)–C–C–N with tert-alkyl or cyclic N) is 1. The number of hydrogen-bond acceptors (Lipinski definition) is 11. The van der Waals surface area contributed by atoms with Gasteiger partial charge in [-0.15, -0.1) is 11.3 Å². The Balaban J connectivity index is 0.892. The minimum Gasteiger partial charge on any atom is -0.391 e. The summed E-state index contributed by atoms with van der Waals surface area (Å²) in [6, 6.07) is 9.03. The maximum atomic E-state index is 13.9. The second kappa shape index (κ2) is 20.4. The number of likely N-dealkylation sites (tertiary alicyclic amines) is 1. The number of aromatic nitrogens is 3. The summed E-state index contributed by atoms with van der Waals surface area (Å²) in [5.41, 5.74) is 6.23. The molecule has 4 amide bonds. The molecular formula is C43H52F2N8O7S. The molecule has 4 aromatic rings. The van der Waals surface area contributed by atoms with Gasteiger partial charge < -0.3 is 35.4 Å². The summed E-state index contributed by atoms with van der Waals surface area (Å²) in [4.78, 5) is 63.5. The second-order valence-corrected chi connectivity index (χ2v) is 17.0. The van der Waals surface area contributed by atoms with Gasteiger partial charge in [-0.2, -0.15) is 5.10 Å². The predicted octanol–water partition coefficient (Wildman–Crippen LogP) is 4.53. The number of aliphatic hydroxyl groups excluding tert-OH is 1. The van der Waals surface area contributed by atoms with Crippen molar-refractivity contribution in [3.05, 3.63) is 76.7 Å². The third-order valence-electron chi connectivity index (χ3n) is 10.4. The van der Waals surface area contributed by atoms with Gasteiger partial charge in [0.1, 0.15) is 25.3 Å². The number of benzene rings is 2. The summed E-state index contributed by atoms with van der Waals surface area (Å²) in [6.45, 7) is 7.40. The van der Waals surface area contributed by atoms with E-state index in [1.54, 1.807) is 60.8 Å². The topological polar surface area (TPSA) is 189 Å². The molecule has 15 nitrogen and oxygen atoms in total. The highest BCUT2D eigenvalue weighted by Crippen LogP contribution is 2.38. The first-order chi connectivity index (χ1) is 29.2. The Kier molecular flexibility index (Phi) is 15.1. The van der Waals surface area contributed by atoms with Crippen molar-refractivity contribution in [3.8, 4) is 21.6 Å². The number of amides is 4. The molecule has 0 bridgehead atoms. The van der Waals surface area contributed by atoms with E-state index < -0.39 is 47.7 Å². The number of alkyl halides is 2. The number of nitrogens with zero attached hydrogens (tertiary/aromatic N) is 5. The van der Waals surface area contributed by atoms with Crippen LogP contribution in [-0.2, 0) is 48.2 Å². The van der Waals surface area contributed by atoms with Gasteiger partial charge >= 0.3 is 0 Å². The Bertz CT molecular complexity index is 2200. The van der Waals surface area contributed by atoms with E-state index in [0.29, 0.717) is 23.4 Å². The number of nitrogens with one attached hydrogen (secondary N) is 3. The van der Waals surface area contributed by atoms with Crippen molar-refractivity contribution >= 4 is 46.9 Å². The summed E-state index contributed by atoms with van der Waals surface area (Å²) in [6.07, 6.45) is 2.89. The van der Waals surface area contributed by atoms with Crippen LogP contribution in [-0.4, -0.2) is 112 Å². The van der Waals surface area contributed by atoms with Crippen LogP contribution < -0.4 is 16.0 Å². The molecule has 2 aliphatic rings. The van der Waals surface area contributed by atoms with Crippen LogP contribution in [0.2, 0.25) is 0 Å². The number of ether oxygens (including phenoxy) is 2. The van der Waals surface area contributed by atoms with Crippen LogP contribution in [0.3, 0.4) is 0 Å². The number of thiazole rings is 1. The number of carbonyl (C=O) groups is 4. The van der Waals surface area contributed by atoms with E-state index >= 15 is 0 Å². The van der Waals surface area contributed by atoms with Crippen LogP contribution in [0.25, 0.3) is 21.6 Å². The molecule has 18 heteroatoms. The Labute approximate surface area is 356 Å². The lowest BCUT2D eigenvalue weighted by Crippen LogP contribution is -2.58. The lowest BCUT2D eigenvalue weighted by atomic mass is 9.85. The fourth-order valence-electron chi connectivity index (χ4n) is 7.20. The number of fused-ring (bicyclic) bond motifs is 1. The minimum atomic E-state index is -2.67. The summed E-state index contributed by atoms with van der Waals surface area (Å²) in [5.74, 6) is -1.84. The molecule has 2 aromatic heterocycles. The third-order valence-corrected chi connectivity index (χ3v) is 11.4. The molecule has 326 valence electrons. The van der Waals surface area contributed by atoms with Gasteiger partial charge in [-0.25, -0.2) is 13.8 Å². The van der Waals surface area contributed by atoms with Crippen molar-refractivity contribution in [1.29, 1.82) is 0 Å². The van der Waals surface area contributed by atoms with Gasteiger partial charge in [0.25, 0.3) is 6.43 Å². The van der Waals surface area contributed by atoms with Gasteiger partial charge in [0, 0.05) is 49.6 Å². The van der Waals surface area contributed by atoms with Crippen molar-refractivity contribution in [2.75, 3.05) is 39.5 Å². The molecule has 0 unspecified atom stereocenters. The van der Waals surface area contributed by atoms with E-state index in [1.165, 1.54) is 17.2 Å². The summed E-state index contributed by atoms with van der Waals surface area (Å²) < 4.78 is 40.2. The monoisotopic (exact) mass is 862 g/mol. The quantitative estimate of drug-likeness (QED) is 0.104. The molecule has 6 rings (SSSR count). The zero-order valence-electron chi connectivity index (χ0n) is 34.7. The van der Waals surface area contributed by atoms with Crippen molar-refractivity contribution in [2.45, 2.75) is 84.7 Å². The first-order valence-electron chi connectivity index (χ1n) is 20.2. The molecule has 1 saturated heterocycles. The van der Waals surface area contributed by atoms with Crippen LogP contribution in [0.4, 0.5) is 14.5 Å². The molecule has 0 saturated carbocycles. The van der Waals surface area contributed by atoms with Crippen LogP contribution in [0.15, 0.2) is 59.3 Å². The SMILES string of the molecule is Cc1ncsc1-c1ccc(CNC(=O)[C@@H]2C[C@@H](O)CN2C(=O)[C@@H](NC(=O)COCCOCC(=O)NCCn2cc(-c3cc4c(cc3C(F)F)N=CCC4)cn2)C(C)(C)C)cc1. The Morgan fingerprint density at radius 2 is 1.75 bits per heavy atom. The van der Waals surface area contributed by atoms with Gasteiger partial charge in [0.2, 0.25) is 23.6 Å². The molecule has 1 fully saturated rings. The second-order valence-electron chi connectivity index (χ2n) is 16.1. The number of halogens is 2. The zero-order chi connectivity index (χ0) is 43.7. The van der Waals surface area contributed by atoms with Crippen molar-refractivity contribution in [1.82, 2.24) is 35.6 Å². The van der Waals surface area contributed by atoms with Crippen LogP contribution in [0.5, 0.6) is 0 Å². The van der Waals surface area contributed by atoms with E-state index in [9.17, 15) is 33.1 Å². The predicted molar refractivity (Wildman–Crippen MR) is 225 cm³/mol. The van der Waals surface area contributed by atoms with E-state index in [4.69, 9.17) is 9.47 Å². The Morgan fingerprint density at radius 3 is 2.44 bits per heavy atom. The molecule has 2 aromatic carbocycles. The van der Waals surface area contributed by atoms with Crippen molar-refractivity contribution < 1.29 is 42.5 Å². The van der Waals surface area contributed by atoms with E-state index in [0.717, 1.165) is 40.1 Å². The highest BCUT2D eigenvalue weighted by molar-refractivity contribution is 7.13. The van der Waals surface area contributed by atoms with Crippen molar-refractivity contribution in [3.63, 3.8) is 0 Å². The lowest BCUT2D eigenvalue weighted by molar-refractivity contribution is -0.144. The van der Waals surface area contributed by atoms with E-state index in [2.05, 4.69) is 31.0 Å². The summed E-state index contributed by atoms with van der Waals surface area (Å²) in [5, 5.41) is 23.1. The van der Waals surface area contributed by atoms with Gasteiger partial charge in [-0.05, 0) is 59.6 Å². The van der Waals surface area contributed by atoms with E-state index in [1.807, 2.05) is 31.2 Å². The average Bonchev–Trinajstić information content (AvgIpc) is 3.99. The number of aliphatic hydroxyl groups is 1. The lowest BCUT2D eigenvalue weighted by Gasteiger charge is -2.35. The number of hydrogen-bond donors (Lipinski definition) is 4. The zero-order valence-corrected chi connectivity index (χ0v) is 35.5. The fourth-order valence-corrected chi connectivity index (χ4v) is 8.01. The third kappa shape index (κ3) is 11.9. The van der Waals surface area contributed by atoms with Gasteiger partial charge in [0.15, 0.2) is 0 Å². The van der Waals surface area contributed by atoms with Gasteiger partial charge in [0.05, 0.1) is 53.8 Å². The summed E-state index contributed by atoms with van der Waals surface area (Å²) >= 11 is 1.56. The minimum absolute atomic E-state index is 0.00524. The van der Waals surface area contributed by atoms with Gasteiger partial charge in [-0.3, -0.25) is 28.9 Å². The molecule has 0 spiro atoms. The molecule has 2 aliphatic heterocycles. The fraction of sp³-hybridized carbons (Fsp3) is 0.465. The Morgan fingerprint density at radius 1 is 1.02 bits per heavy atom. The van der Waals surface area contributed by atoms with Crippen LogP contribution in [0.1, 0.15) is 62.4 Å². The maximum Gasteiger partial charge on any atom is 0.264 e. The normalized spacial score (nSPS) is 16.7. The maximum absolute atomic E-state index is 13.9. The highest BCUT2D eigenvalue weighted by atomic mass is 32.1. The molecule has 0 aliphatic carbocycles. The smallest absolute Gasteiger partial charge is 0.264 e. The van der Waals surface area contributed by atoms with Crippen LogP contribution >= 0.6 is 11.3 Å².